The first-order valence-electron chi connectivity index (χ1n) is 8.49. The SMILES string of the molecule is Cc1ccc(-c2noc(CN(C)C(=O)[C@H](C)Sc3ccc(Cl)cc3)n2)cc1. The van der Waals surface area contributed by atoms with E-state index in [1.165, 1.54) is 17.3 Å². The predicted octanol–water partition coefficient (Wildman–Crippen LogP) is 4.84. The van der Waals surface area contributed by atoms with Gasteiger partial charge in [0.2, 0.25) is 17.6 Å². The molecular weight excluding hydrogens is 382 g/mol. The van der Waals surface area contributed by atoms with E-state index in [0.717, 1.165) is 10.5 Å². The second kappa shape index (κ2) is 8.59. The lowest BCUT2D eigenvalue weighted by Gasteiger charge is -2.19. The van der Waals surface area contributed by atoms with Crippen molar-refractivity contribution in [2.24, 2.45) is 0 Å². The zero-order valence-corrected chi connectivity index (χ0v) is 16.9. The molecule has 7 heteroatoms. The van der Waals surface area contributed by atoms with Gasteiger partial charge in [0.25, 0.3) is 0 Å². The lowest BCUT2D eigenvalue weighted by molar-refractivity contribution is -0.129. The highest BCUT2D eigenvalue weighted by molar-refractivity contribution is 8.00. The van der Waals surface area contributed by atoms with Crippen LogP contribution in [0.25, 0.3) is 11.4 Å². The maximum absolute atomic E-state index is 12.6. The van der Waals surface area contributed by atoms with Crippen molar-refractivity contribution in [3.05, 3.63) is 65.0 Å². The molecule has 0 aliphatic carbocycles. The molecule has 1 atom stereocenters. The van der Waals surface area contributed by atoms with E-state index >= 15 is 0 Å². The molecule has 5 nitrogen and oxygen atoms in total. The van der Waals surface area contributed by atoms with Crippen LogP contribution < -0.4 is 0 Å². The smallest absolute Gasteiger partial charge is 0.246 e. The van der Waals surface area contributed by atoms with E-state index in [1.807, 2.05) is 62.4 Å². The Bertz CT molecular complexity index is 910. The summed E-state index contributed by atoms with van der Waals surface area (Å²) < 4.78 is 5.30. The monoisotopic (exact) mass is 401 g/mol. The average Bonchev–Trinajstić information content (AvgIpc) is 3.12. The first-order chi connectivity index (χ1) is 12.9. The molecular formula is C20H20ClN3O2S. The van der Waals surface area contributed by atoms with Gasteiger partial charge in [0.1, 0.15) is 0 Å². The minimum Gasteiger partial charge on any atom is -0.337 e. The maximum atomic E-state index is 12.6. The number of hydrogen-bond acceptors (Lipinski definition) is 5. The van der Waals surface area contributed by atoms with E-state index in [1.54, 1.807) is 11.9 Å². The Morgan fingerprint density at radius 3 is 2.52 bits per heavy atom. The lowest BCUT2D eigenvalue weighted by Crippen LogP contribution is -2.32. The number of carbonyl (C=O) groups excluding carboxylic acids is 1. The normalized spacial score (nSPS) is 12.0. The van der Waals surface area contributed by atoms with E-state index in [-0.39, 0.29) is 17.7 Å². The van der Waals surface area contributed by atoms with Gasteiger partial charge < -0.3 is 9.42 Å². The van der Waals surface area contributed by atoms with Crippen molar-refractivity contribution in [2.45, 2.75) is 30.5 Å². The third-order valence-corrected chi connectivity index (χ3v) is 5.35. The van der Waals surface area contributed by atoms with Crippen LogP contribution in [0, 0.1) is 6.92 Å². The van der Waals surface area contributed by atoms with Crippen molar-refractivity contribution in [3.8, 4) is 11.4 Å². The minimum absolute atomic E-state index is 0.00923. The number of aromatic nitrogens is 2. The van der Waals surface area contributed by atoms with E-state index in [2.05, 4.69) is 10.1 Å². The highest BCUT2D eigenvalue weighted by atomic mass is 35.5. The Morgan fingerprint density at radius 1 is 1.19 bits per heavy atom. The molecule has 3 rings (SSSR count). The van der Waals surface area contributed by atoms with Gasteiger partial charge in [-0.25, -0.2) is 0 Å². The molecule has 0 spiro atoms. The summed E-state index contributed by atoms with van der Waals surface area (Å²) in [6.07, 6.45) is 0. The van der Waals surface area contributed by atoms with Crippen LogP contribution in [0.4, 0.5) is 0 Å². The van der Waals surface area contributed by atoms with Gasteiger partial charge in [-0.15, -0.1) is 11.8 Å². The molecule has 0 N–H and O–H groups in total. The van der Waals surface area contributed by atoms with Gasteiger partial charge in [-0.05, 0) is 38.1 Å². The summed E-state index contributed by atoms with van der Waals surface area (Å²) in [4.78, 5) is 19.6. The molecule has 0 saturated heterocycles. The summed E-state index contributed by atoms with van der Waals surface area (Å²) in [5.41, 5.74) is 2.05. The molecule has 140 valence electrons. The summed E-state index contributed by atoms with van der Waals surface area (Å²) in [6.45, 7) is 4.17. The highest BCUT2D eigenvalue weighted by Crippen LogP contribution is 2.26. The molecule has 1 amide bonds. The zero-order valence-electron chi connectivity index (χ0n) is 15.3. The molecule has 27 heavy (non-hydrogen) atoms. The average molecular weight is 402 g/mol. The van der Waals surface area contributed by atoms with Crippen molar-refractivity contribution in [1.82, 2.24) is 15.0 Å². The van der Waals surface area contributed by atoms with Crippen LogP contribution >= 0.6 is 23.4 Å². The van der Waals surface area contributed by atoms with Crippen LogP contribution in [0.2, 0.25) is 5.02 Å². The number of amides is 1. The van der Waals surface area contributed by atoms with Gasteiger partial charge in [0.15, 0.2) is 0 Å². The molecule has 0 radical (unpaired) electrons. The van der Waals surface area contributed by atoms with E-state index in [4.69, 9.17) is 16.1 Å². The predicted molar refractivity (Wildman–Crippen MR) is 108 cm³/mol. The Hall–Kier alpha value is -2.31. The summed E-state index contributed by atoms with van der Waals surface area (Å²) in [7, 11) is 1.73. The Morgan fingerprint density at radius 2 is 1.85 bits per heavy atom. The summed E-state index contributed by atoms with van der Waals surface area (Å²) in [6, 6.07) is 15.3. The lowest BCUT2D eigenvalue weighted by atomic mass is 10.1. The quantitative estimate of drug-likeness (QED) is 0.553. The highest BCUT2D eigenvalue weighted by Gasteiger charge is 2.21. The second-order valence-electron chi connectivity index (χ2n) is 6.29. The molecule has 0 unspecified atom stereocenters. The number of benzene rings is 2. The van der Waals surface area contributed by atoms with Gasteiger partial charge in [-0.3, -0.25) is 4.79 Å². The fraction of sp³-hybridized carbons (Fsp3) is 0.250. The fourth-order valence-electron chi connectivity index (χ4n) is 2.50. The van der Waals surface area contributed by atoms with Gasteiger partial charge in [0, 0.05) is 22.5 Å². The van der Waals surface area contributed by atoms with Crippen LogP contribution in [0.5, 0.6) is 0 Å². The van der Waals surface area contributed by atoms with Gasteiger partial charge in [-0.2, -0.15) is 4.98 Å². The summed E-state index contributed by atoms with van der Waals surface area (Å²) in [5, 5.41) is 4.44. The Labute approximate surface area is 167 Å². The third kappa shape index (κ3) is 5.11. The first kappa shape index (κ1) is 19.5. The molecule has 3 aromatic rings. The molecule has 2 aromatic carbocycles. The number of rotatable bonds is 6. The third-order valence-electron chi connectivity index (χ3n) is 4.00. The molecule has 0 aliphatic heterocycles. The van der Waals surface area contributed by atoms with Crippen LogP contribution in [-0.2, 0) is 11.3 Å². The minimum atomic E-state index is -0.240. The van der Waals surface area contributed by atoms with Crippen LogP contribution in [-0.4, -0.2) is 33.2 Å². The molecule has 0 fully saturated rings. The maximum Gasteiger partial charge on any atom is 0.246 e. The number of hydrogen-bond donors (Lipinski definition) is 0. The van der Waals surface area contributed by atoms with Gasteiger partial charge in [-0.1, -0.05) is 46.6 Å². The number of carbonyl (C=O) groups is 1. The van der Waals surface area contributed by atoms with Gasteiger partial charge in [0.05, 0.1) is 11.8 Å². The standard InChI is InChI=1S/C20H20ClN3O2S/c1-13-4-6-15(7-5-13)19-22-18(26-23-19)12-24(3)20(25)14(2)27-17-10-8-16(21)9-11-17/h4-11,14H,12H2,1-3H3/t14-/m0/s1. The number of nitrogens with zero attached hydrogens (tertiary/aromatic N) is 3. The van der Waals surface area contributed by atoms with Crippen molar-refractivity contribution in [2.75, 3.05) is 7.05 Å². The molecule has 1 aromatic heterocycles. The van der Waals surface area contributed by atoms with Gasteiger partial charge >= 0.3 is 0 Å². The zero-order chi connectivity index (χ0) is 19.4. The number of halogens is 1. The molecule has 0 aliphatic rings. The fourth-order valence-corrected chi connectivity index (χ4v) is 3.61. The number of aryl methyl sites for hydroxylation is 1. The van der Waals surface area contributed by atoms with Crippen molar-refractivity contribution < 1.29 is 9.32 Å². The van der Waals surface area contributed by atoms with Crippen molar-refractivity contribution in [3.63, 3.8) is 0 Å². The van der Waals surface area contributed by atoms with E-state index in [9.17, 15) is 4.79 Å². The number of thioether (sulfide) groups is 1. The van der Waals surface area contributed by atoms with E-state index in [0.29, 0.717) is 16.7 Å². The molecule has 1 heterocycles. The van der Waals surface area contributed by atoms with Crippen LogP contribution in [0.15, 0.2) is 57.9 Å². The largest absolute Gasteiger partial charge is 0.337 e. The topological polar surface area (TPSA) is 59.2 Å². The molecule has 0 saturated carbocycles. The van der Waals surface area contributed by atoms with Crippen molar-refractivity contribution >= 4 is 29.3 Å². The van der Waals surface area contributed by atoms with Crippen LogP contribution in [0.1, 0.15) is 18.4 Å². The van der Waals surface area contributed by atoms with E-state index < -0.39 is 0 Å². The summed E-state index contributed by atoms with van der Waals surface area (Å²) >= 11 is 7.38. The Balaban J connectivity index is 1.60. The molecule has 0 bridgehead atoms. The first-order valence-corrected chi connectivity index (χ1v) is 9.75. The van der Waals surface area contributed by atoms with Crippen molar-refractivity contribution in [1.29, 1.82) is 0 Å². The second-order valence-corrected chi connectivity index (χ2v) is 8.14. The Kier molecular flexibility index (Phi) is 6.19. The van der Waals surface area contributed by atoms with Crippen LogP contribution in [0.3, 0.4) is 0 Å². The summed E-state index contributed by atoms with van der Waals surface area (Å²) in [5.74, 6) is 0.921.